The Hall–Kier alpha value is -2.50. The van der Waals surface area contributed by atoms with Crippen molar-refractivity contribution < 1.29 is 23.7 Å². The summed E-state index contributed by atoms with van der Waals surface area (Å²) in [6, 6.07) is 22.1. The van der Waals surface area contributed by atoms with Crippen molar-refractivity contribution >= 4 is 24.5 Å². The van der Waals surface area contributed by atoms with E-state index in [2.05, 4.69) is 0 Å². The van der Waals surface area contributed by atoms with Crippen molar-refractivity contribution in [2.75, 3.05) is 13.7 Å². The molecule has 0 saturated carbocycles. The van der Waals surface area contributed by atoms with Gasteiger partial charge in [-0.25, -0.2) is 4.57 Å². The van der Waals surface area contributed by atoms with Gasteiger partial charge in [-0.15, -0.1) is 0 Å². The van der Waals surface area contributed by atoms with Crippen LogP contribution >= 0.6 is 7.82 Å². The third kappa shape index (κ3) is 5.27. The molecule has 0 aliphatic carbocycles. The van der Waals surface area contributed by atoms with Gasteiger partial charge < -0.3 is 14.7 Å². The van der Waals surface area contributed by atoms with Crippen LogP contribution in [-0.4, -0.2) is 40.3 Å². The normalized spacial score (nSPS) is 12.7. The molecule has 6 nitrogen and oxygen atoms in total. The van der Waals surface area contributed by atoms with Gasteiger partial charge in [0, 0.05) is 12.6 Å². The van der Waals surface area contributed by atoms with E-state index < -0.39 is 13.9 Å². The lowest BCUT2D eigenvalue weighted by Gasteiger charge is -2.28. The lowest BCUT2D eigenvalue weighted by molar-refractivity contribution is 0.0647. The number of likely N-dealkylation sites (N-methyl/N-ethyl adjacent to an activating group) is 1. The third-order valence-electron chi connectivity index (χ3n) is 4.61. The first-order valence-corrected chi connectivity index (χ1v) is 10.4. The molecule has 0 saturated heterocycles. The number of hydrogen-bond acceptors (Lipinski definition) is 3. The monoisotopic (exact) mass is 399 g/mol. The number of fused-ring (bicyclic) bond motifs is 1. The molecule has 1 unspecified atom stereocenters. The molecule has 3 rings (SSSR count). The Labute approximate surface area is 163 Å². The van der Waals surface area contributed by atoms with E-state index >= 15 is 0 Å². The maximum absolute atomic E-state index is 13.0. The summed E-state index contributed by atoms with van der Waals surface area (Å²) in [6.07, 6.45) is 0.413. The fraction of sp³-hybridized carbons (Fsp3) is 0.190. The molecule has 0 fully saturated rings. The van der Waals surface area contributed by atoms with Crippen LogP contribution in [0.2, 0.25) is 0 Å². The molecule has 0 radical (unpaired) electrons. The first kappa shape index (κ1) is 20.2. The van der Waals surface area contributed by atoms with Crippen molar-refractivity contribution in [1.82, 2.24) is 4.90 Å². The van der Waals surface area contributed by atoms with Crippen molar-refractivity contribution in [3.63, 3.8) is 0 Å². The summed E-state index contributed by atoms with van der Waals surface area (Å²) < 4.78 is 15.9. The van der Waals surface area contributed by atoms with E-state index in [1.807, 2.05) is 66.7 Å². The number of nitrogens with zero attached hydrogens (tertiary/aromatic N) is 1. The lowest BCUT2D eigenvalue weighted by atomic mass is 10.0. The van der Waals surface area contributed by atoms with Crippen LogP contribution in [-0.2, 0) is 15.5 Å². The molecule has 28 heavy (non-hydrogen) atoms. The van der Waals surface area contributed by atoms with Crippen molar-refractivity contribution in [3.05, 3.63) is 83.9 Å². The number of carbonyl (C=O) groups is 1. The molecule has 0 heterocycles. The zero-order chi connectivity index (χ0) is 20.1. The van der Waals surface area contributed by atoms with Crippen LogP contribution in [0.1, 0.15) is 15.9 Å². The number of benzene rings is 3. The molecule has 0 aromatic heterocycles. The molecular formula is C21H22NO5P. The number of rotatable bonds is 7. The number of phosphoric acid groups is 1. The second-order valence-electron chi connectivity index (χ2n) is 6.61. The highest BCUT2D eigenvalue weighted by atomic mass is 31.2. The van der Waals surface area contributed by atoms with Gasteiger partial charge in [-0.2, -0.15) is 0 Å². The minimum absolute atomic E-state index is 0.235. The third-order valence-corrected chi connectivity index (χ3v) is 5.10. The van der Waals surface area contributed by atoms with Gasteiger partial charge >= 0.3 is 7.82 Å². The fourth-order valence-electron chi connectivity index (χ4n) is 3.07. The second-order valence-corrected chi connectivity index (χ2v) is 7.85. The van der Waals surface area contributed by atoms with Crippen molar-refractivity contribution in [1.29, 1.82) is 0 Å². The quantitative estimate of drug-likeness (QED) is 0.593. The van der Waals surface area contributed by atoms with Gasteiger partial charge in [-0.3, -0.25) is 9.32 Å². The highest BCUT2D eigenvalue weighted by Crippen LogP contribution is 2.36. The van der Waals surface area contributed by atoms with Crippen molar-refractivity contribution in [2.45, 2.75) is 12.5 Å². The summed E-state index contributed by atoms with van der Waals surface area (Å²) in [6.45, 7) is -0.269. The Morgan fingerprint density at radius 1 is 1.00 bits per heavy atom. The predicted octanol–water partition coefficient (Wildman–Crippen LogP) is 3.63. The highest BCUT2D eigenvalue weighted by Gasteiger charge is 2.25. The van der Waals surface area contributed by atoms with Gasteiger partial charge in [-0.1, -0.05) is 60.7 Å². The summed E-state index contributed by atoms with van der Waals surface area (Å²) in [5.74, 6) is -0.235. The van der Waals surface area contributed by atoms with Gasteiger partial charge in [0.1, 0.15) is 0 Å². The molecule has 146 valence electrons. The molecule has 0 bridgehead atoms. The molecule has 7 heteroatoms. The average molecular weight is 399 g/mol. The van der Waals surface area contributed by atoms with Crippen LogP contribution in [0.3, 0.4) is 0 Å². The van der Waals surface area contributed by atoms with Gasteiger partial charge in [0.2, 0.25) is 0 Å². The smallest absolute Gasteiger partial charge is 0.336 e. The summed E-state index contributed by atoms with van der Waals surface area (Å²) in [4.78, 5) is 32.6. The number of amides is 1. The molecule has 3 aromatic carbocycles. The Bertz CT molecular complexity index is 1000. The van der Waals surface area contributed by atoms with E-state index in [0.29, 0.717) is 12.0 Å². The number of phosphoric ester groups is 1. The molecule has 2 N–H and O–H groups in total. The predicted molar refractivity (Wildman–Crippen MR) is 108 cm³/mol. The maximum atomic E-state index is 13.0. The average Bonchev–Trinajstić information content (AvgIpc) is 2.69. The summed E-state index contributed by atoms with van der Waals surface area (Å²) in [7, 11) is -3.02. The molecule has 0 aliphatic rings. The summed E-state index contributed by atoms with van der Waals surface area (Å²) in [5, 5.41) is 1.99. The van der Waals surface area contributed by atoms with Gasteiger partial charge in [0.15, 0.2) is 0 Å². The lowest BCUT2D eigenvalue weighted by Crippen LogP contribution is -2.41. The van der Waals surface area contributed by atoms with E-state index in [9.17, 15) is 9.36 Å². The molecule has 1 atom stereocenters. The van der Waals surface area contributed by atoms with E-state index in [0.717, 1.165) is 16.3 Å². The van der Waals surface area contributed by atoms with E-state index in [1.165, 1.54) is 4.90 Å². The van der Waals surface area contributed by atoms with Crippen molar-refractivity contribution in [2.24, 2.45) is 0 Å². The SMILES string of the molecule is CN(C(=O)c1ccc2ccccc2c1)C(COP(=O)(O)O)Cc1ccccc1. The largest absolute Gasteiger partial charge is 0.469 e. The highest BCUT2D eigenvalue weighted by molar-refractivity contribution is 7.46. The molecule has 0 spiro atoms. The summed E-state index contributed by atoms with van der Waals surface area (Å²) >= 11 is 0. The van der Waals surface area contributed by atoms with Gasteiger partial charge in [0.25, 0.3) is 5.91 Å². The van der Waals surface area contributed by atoms with Crippen LogP contribution in [0.15, 0.2) is 72.8 Å². The molecule has 3 aromatic rings. The Kier molecular flexibility index (Phi) is 6.27. The Morgan fingerprint density at radius 2 is 1.64 bits per heavy atom. The Balaban J connectivity index is 1.84. The molecule has 1 amide bonds. The van der Waals surface area contributed by atoms with Crippen LogP contribution < -0.4 is 0 Å². The first-order chi connectivity index (χ1) is 13.3. The van der Waals surface area contributed by atoms with Crippen LogP contribution in [0.4, 0.5) is 0 Å². The van der Waals surface area contributed by atoms with Gasteiger partial charge in [-0.05, 0) is 34.9 Å². The number of hydrogen-bond donors (Lipinski definition) is 2. The zero-order valence-electron chi connectivity index (χ0n) is 15.4. The first-order valence-electron chi connectivity index (χ1n) is 8.83. The zero-order valence-corrected chi connectivity index (χ0v) is 16.3. The van der Waals surface area contributed by atoms with Crippen LogP contribution in [0, 0.1) is 0 Å². The van der Waals surface area contributed by atoms with Gasteiger partial charge in [0.05, 0.1) is 12.6 Å². The minimum atomic E-state index is -4.64. The summed E-state index contributed by atoms with van der Waals surface area (Å²) in [5.41, 5.74) is 1.45. The van der Waals surface area contributed by atoms with E-state index in [-0.39, 0.29) is 12.5 Å². The van der Waals surface area contributed by atoms with Crippen LogP contribution in [0.25, 0.3) is 10.8 Å². The maximum Gasteiger partial charge on any atom is 0.469 e. The molecular weight excluding hydrogens is 377 g/mol. The van der Waals surface area contributed by atoms with Crippen molar-refractivity contribution in [3.8, 4) is 0 Å². The topological polar surface area (TPSA) is 87.1 Å². The van der Waals surface area contributed by atoms with E-state index in [4.69, 9.17) is 14.3 Å². The Morgan fingerprint density at radius 3 is 2.32 bits per heavy atom. The minimum Gasteiger partial charge on any atom is -0.336 e. The van der Waals surface area contributed by atoms with E-state index in [1.54, 1.807) is 13.1 Å². The fourth-order valence-corrected chi connectivity index (χ4v) is 3.44. The second kappa shape index (κ2) is 8.67. The van der Waals surface area contributed by atoms with Crippen LogP contribution in [0.5, 0.6) is 0 Å². The molecule has 0 aliphatic heterocycles. The number of carbonyl (C=O) groups excluding carboxylic acids is 1. The standard InChI is InChI=1S/C21H22NO5P/c1-22(21(23)19-12-11-17-9-5-6-10-18(17)14-19)20(15-27-28(24,25)26)13-16-7-3-2-4-8-16/h2-12,14,20H,13,15H2,1H3,(H2,24,25,26).